The molecule has 2 amide bonds. The number of piperidine rings is 1. The molecule has 0 bridgehead atoms. The number of amides is 2. The Bertz CT molecular complexity index is 1060. The van der Waals surface area contributed by atoms with Crippen LogP contribution in [0.4, 0.5) is 5.69 Å². The Kier molecular flexibility index (Phi) is 7.79. The number of carbonyl (C=O) groups is 2. The van der Waals surface area contributed by atoms with Gasteiger partial charge in [0.15, 0.2) is 0 Å². The number of halogens is 1. The highest BCUT2D eigenvalue weighted by molar-refractivity contribution is 7.92. The third-order valence-corrected chi connectivity index (χ3v) is 6.97. The summed E-state index contributed by atoms with van der Waals surface area (Å²) in [6.07, 6.45) is 1.22. The third-order valence-electron chi connectivity index (χ3n) is 5.32. The first-order valence-electron chi connectivity index (χ1n) is 10.6. The number of likely N-dealkylation sites (tertiary alicyclic amines) is 1. The van der Waals surface area contributed by atoms with E-state index in [0.29, 0.717) is 54.7 Å². The van der Waals surface area contributed by atoms with E-state index >= 15 is 0 Å². The molecule has 2 aromatic carbocycles. The lowest BCUT2D eigenvalue weighted by atomic mass is 9.95. The molecule has 1 fully saturated rings. The molecular weight excluding hydrogens is 450 g/mol. The number of hydrogen-bond donors (Lipinski definition) is 2. The van der Waals surface area contributed by atoms with Crippen LogP contribution in [0.25, 0.3) is 0 Å². The average molecular weight is 478 g/mol. The van der Waals surface area contributed by atoms with E-state index in [1.807, 2.05) is 13.8 Å². The molecule has 9 heteroatoms. The van der Waals surface area contributed by atoms with Crippen molar-refractivity contribution in [2.24, 2.45) is 11.8 Å². The molecule has 1 heterocycles. The Hall–Kier alpha value is -2.58. The van der Waals surface area contributed by atoms with Crippen LogP contribution in [0.3, 0.4) is 0 Å². The number of rotatable bonds is 7. The van der Waals surface area contributed by atoms with E-state index < -0.39 is 10.0 Å². The second-order valence-electron chi connectivity index (χ2n) is 8.35. The SMILES string of the molecule is CC(C)CNC(=O)C1CCN(C(=O)c2cccc(NS(=O)(=O)c3ccc(Cl)cc3)c2)CC1. The summed E-state index contributed by atoms with van der Waals surface area (Å²) in [6.45, 7) is 5.71. The van der Waals surface area contributed by atoms with Gasteiger partial charge in [-0.15, -0.1) is 0 Å². The summed E-state index contributed by atoms with van der Waals surface area (Å²) in [5, 5.41) is 3.40. The molecule has 0 saturated carbocycles. The van der Waals surface area contributed by atoms with Crippen LogP contribution in [-0.4, -0.2) is 44.8 Å². The van der Waals surface area contributed by atoms with Crippen molar-refractivity contribution < 1.29 is 18.0 Å². The quantitative estimate of drug-likeness (QED) is 0.634. The van der Waals surface area contributed by atoms with Crippen molar-refractivity contribution in [2.45, 2.75) is 31.6 Å². The highest BCUT2D eigenvalue weighted by Crippen LogP contribution is 2.22. The smallest absolute Gasteiger partial charge is 0.261 e. The number of nitrogens with zero attached hydrogens (tertiary/aromatic N) is 1. The molecule has 0 aromatic heterocycles. The number of anilines is 1. The molecule has 2 N–H and O–H groups in total. The second-order valence-corrected chi connectivity index (χ2v) is 10.5. The van der Waals surface area contributed by atoms with Crippen molar-refractivity contribution in [1.82, 2.24) is 10.2 Å². The van der Waals surface area contributed by atoms with Crippen molar-refractivity contribution in [2.75, 3.05) is 24.4 Å². The van der Waals surface area contributed by atoms with Gasteiger partial charge in [0.1, 0.15) is 0 Å². The van der Waals surface area contributed by atoms with E-state index in [2.05, 4.69) is 10.0 Å². The van der Waals surface area contributed by atoms with E-state index in [-0.39, 0.29) is 22.6 Å². The first-order valence-corrected chi connectivity index (χ1v) is 12.5. The molecule has 0 spiro atoms. The molecule has 2 aromatic rings. The van der Waals surface area contributed by atoms with Crippen LogP contribution in [-0.2, 0) is 14.8 Å². The van der Waals surface area contributed by atoms with Gasteiger partial charge < -0.3 is 10.2 Å². The van der Waals surface area contributed by atoms with E-state index in [9.17, 15) is 18.0 Å². The highest BCUT2D eigenvalue weighted by atomic mass is 35.5. The second kappa shape index (κ2) is 10.4. The molecule has 0 atom stereocenters. The van der Waals surface area contributed by atoms with Crippen LogP contribution in [0.1, 0.15) is 37.0 Å². The van der Waals surface area contributed by atoms with E-state index in [4.69, 9.17) is 11.6 Å². The summed E-state index contributed by atoms with van der Waals surface area (Å²) in [7, 11) is -3.80. The fraction of sp³-hybridized carbons (Fsp3) is 0.391. The maximum Gasteiger partial charge on any atom is 0.261 e. The molecule has 7 nitrogen and oxygen atoms in total. The first-order chi connectivity index (χ1) is 15.2. The molecule has 3 rings (SSSR count). The Morgan fingerprint density at radius 3 is 2.38 bits per heavy atom. The highest BCUT2D eigenvalue weighted by Gasteiger charge is 2.28. The summed E-state index contributed by atoms with van der Waals surface area (Å²) >= 11 is 5.83. The number of nitrogens with one attached hydrogen (secondary N) is 2. The predicted molar refractivity (Wildman–Crippen MR) is 125 cm³/mol. The number of benzene rings is 2. The summed E-state index contributed by atoms with van der Waals surface area (Å²) in [5.74, 6) is 0.170. The van der Waals surface area contributed by atoms with Gasteiger partial charge in [0.2, 0.25) is 5.91 Å². The molecular formula is C23H28ClN3O4S. The van der Waals surface area contributed by atoms with Gasteiger partial charge in [0.25, 0.3) is 15.9 Å². The maximum atomic E-state index is 13.0. The molecule has 1 saturated heterocycles. The molecule has 172 valence electrons. The van der Waals surface area contributed by atoms with Crippen molar-refractivity contribution in [3.8, 4) is 0 Å². The molecule has 0 radical (unpaired) electrons. The predicted octanol–water partition coefficient (Wildman–Crippen LogP) is 3.77. The van der Waals surface area contributed by atoms with Gasteiger partial charge in [-0.05, 0) is 61.2 Å². The Morgan fingerprint density at radius 2 is 1.75 bits per heavy atom. The first kappa shape index (κ1) is 24.1. The minimum absolute atomic E-state index is 0.0457. The number of carbonyl (C=O) groups excluding carboxylic acids is 2. The summed E-state index contributed by atoms with van der Waals surface area (Å²) < 4.78 is 27.7. The summed E-state index contributed by atoms with van der Waals surface area (Å²) in [6, 6.07) is 12.3. The summed E-state index contributed by atoms with van der Waals surface area (Å²) in [4.78, 5) is 27.0. The van der Waals surface area contributed by atoms with Gasteiger partial charge in [-0.1, -0.05) is 31.5 Å². The Morgan fingerprint density at radius 1 is 1.09 bits per heavy atom. The van der Waals surface area contributed by atoms with Crippen LogP contribution in [0.5, 0.6) is 0 Å². The lowest BCUT2D eigenvalue weighted by Crippen LogP contribution is -2.43. The average Bonchev–Trinajstić information content (AvgIpc) is 2.77. The third kappa shape index (κ3) is 6.23. The number of sulfonamides is 1. The molecule has 1 aliphatic rings. The van der Waals surface area contributed by atoms with E-state index in [1.54, 1.807) is 23.1 Å². The van der Waals surface area contributed by atoms with Crippen LogP contribution in [0.15, 0.2) is 53.4 Å². The topological polar surface area (TPSA) is 95.6 Å². The van der Waals surface area contributed by atoms with Crippen LogP contribution < -0.4 is 10.0 Å². The minimum atomic E-state index is -3.80. The standard InChI is InChI=1S/C23H28ClN3O4S/c1-16(2)15-25-22(28)17-10-12-27(13-11-17)23(29)18-4-3-5-20(14-18)26-32(30,31)21-8-6-19(24)7-9-21/h3-9,14,16-17,26H,10-13,15H2,1-2H3,(H,25,28). The molecule has 0 unspecified atom stereocenters. The fourth-order valence-electron chi connectivity index (χ4n) is 3.52. The van der Waals surface area contributed by atoms with Gasteiger partial charge >= 0.3 is 0 Å². The van der Waals surface area contributed by atoms with E-state index in [0.717, 1.165) is 0 Å². The normalized spacial score (nSPS) is 14.9. The molecule has 1 aliphatic heterocycles. The number of hydrogen-bond acceptors (Lipinski definition) is 4. The van der Waals surface area contributed by atoms with Gasteiger partial charge in [-0.2, -0.15) is 0 Å². The van der Waals surface area contributed by atoms with Gasteiger partial charge in [0, 0.05) is 41.8 Å². The van der Waals surface area contributed by atoms with Crippen LogP contribution in [0, 0.1) is 11.8 Å². The van der Waals surface area contributed by atoms with Crippen molar-refractivity contribution in [3.63, 3.8) is 0 Å². The van der Waals surface area contributed by atoms with Gasteiger partial charge in [0.05, 0.1) is 4.90 Å². The van der Waals surface area contributed by atoms with Gasteiger partial charge in [-0.25, -0.2) is 8.42 Å². The van der Waals surface area contributed by atoms with Crippen molar-refractivity contribution >= 4 is 39.1 Å². The monoisotopic (exact) mass is 477 g/mol. The lowest BCUT2D eigenvalue weighted by molar-refractivity contribution is -0.126. The van der Waals surface area contributed by atoms with Gasteiger partial charge in [-0.3, -0.25) is 14.3 Å². The maximum absolute atomic E-state index is 13.0. The van der Waals surface area contributed by atoms with E-state index in [1.165, 1.54) is 30.3 Å². The zero-order valence-corrected chi connectivity index (χ0v) is 19.7. The van der Waals surface area contributed by atoms with Crippen molar-refractivity contribution in [3.05, 3.63) is 59.1 Å². The Labute approximate surface area is 194 Å². The lowest BCUT2D eigenvalue weighted by Gasteiger charge is -2.31. The van der Waals surface area contributed by atoms with Crippen molar-refractivity contribution in [1.29, 1.82) is 0 Å². The van der Waals surface area contributed by atoms with Crippen LogP contribution in [0.2, 0.25) is 5.02 Å². The van der Waals surface area contributed by atoms with Crippen LogP contribution >= 0.6 is 11.6 Å². The molecule has 0 aliphatic carbocycles. The minimum Gasteiger partial charge on any atom is -0.356 e. The zero-order valence-electron chi connectivity index (χ0n) is 18.2. The summed E-state index contributed by atoms with van der Waals surface area (Å²) in [5.41, 5.74) is 0.692. The Balaban J connectivity index is 1.62. The zero-order chi connectivity index (χ0) is 23.3. The fourth-order valence-corrected chi connectivity index (χ4v) is 4.70. The molecule has 32 heavy (non-hydrogen) atoms. The largest absolute Gasteiger partial charge is 0.356 e.